The van der Waals surface area contributed by atoms with Gasteiger partial charge in [0.1, 0.15) is 0 Å². The molecule has 98 valence electrons. The maximum absolute atomic E-state index is 10.6. The molecule has 1 aliphatic rings. The lowest BCUT2D eigenvalue weighted by Gasteiger charge is -2.01. The van der Waals surface area contributed by atoms with Gasteiger partial charge < -0.3 is 0 Å². The Labute approximate surface area is 113 Å². The van der Waals surface area contributed by atoms with Crippen LogP contribution in [-0.2, 0) is 10.7 Å². The lowest BCUT2D eigenvalue weighted by atomic mass is 10.2. The van der Waals surface area contributed by atoms with E-state index in [-0.39, 0.29) is 16.4 Å². The van der Waals surface area contributed by atoms with Crippen LogP contribution in [0.3, 0.4) is 0 Å². The first-order valence-corrected chi connectivity index (χ1v) is 7.33. The average molecular weight is 276 g/mol. The van der Waals surface area contributed by atoms with Crippen LogP contribution in [0.25, 0.3) is 0 Å². The van der Waals surface area contributed by atoms with Crippen molar-refractivity contribution in [2.45, 2.75) is 12.8 Å². The van der Waals surface area contributed by atoms with Crippen molar-refractivity contribution < 1.29 is 4.92 Å². The van der Waals surface area contributed by atoms with Gasteiger partial charge in [-0.25, -0.2) is 4.36 Å². The maximum Gasteiger partial charge on any atom is 0.269 e. The number of benzene rings is 1. The fourth-order valence-electron chi connectivity index (χ4n) is 1.77. The first kappa shape index (κ1) is 13.4. The number of hydrogen-bond acceptors (Lipinski definition) is 4. The van der Waals surface area contributed by atoms with Gasteiger partial charge in [0.2, 0.25) is 6.19 Å². The van der Waals surface area contributed by atoms with Gasteiger partial charge in [-0.05, 0) is 25.0 Å². The Bertz CT molecular complexity index is 579. The standard InChI is InChI=1S/C12H12N4O2S/c13-9-14-12(15-19-7-1-2-8-19)10-3-5-11(6-4-10)16(17)18/h3-6H,1-2,7-8H2. The molecule has 0 radical (unpaired) electrons. The van der Waals surface area contributed by atoms with E-state index in [0.717, 1.165) is 24.3 Å². The Morgan fingerprint density at radius 1 is 1.32 bits per heavy atom. The van der Waals surface area contributed by atoms with Crippen LogP contribution in [0.1, 0.15) is 18.4 Å². The highest BCUT2D eigenvalue weighted by atomic mass is 32.2. The summed E-state index contributed by atoms with van der Waals surface area (Å²) in [6.45, 7) is 0. The second-order valence-corrected chi connectivity index (χ2v) is 5.93. The number of aliphatic imine (C=N–C) groups is 1. The Balaban J connectivity index is 2.29. The van der Waals surface area contributed by atoms with Gasteiger partial charge in [0.15, 0.2) is 5.84 Å². The smallest absolute Gasteiger partial charge is 0.258 e. The van der Waals surface area contributed by atoms with E-state index in [9.17, 15) is 10.1 Å². The molecular weight excluding hydrogens is 264 g/mol. The molecule has 0 atom stereocenters. The molecule has 0 N–H and O–H groups in total. The molecule has 19 heavy (non-hydrogen) atoms. The first-order chi connectivity index (χ1) is 9.20. The third-order valence-electron chi connectivity index (χ3n) is 2.72. The van der Waals surface area contributed by atoms with E-state index in [1.165, 1.54) is 12.1 Å². The molecule has 1 aliphatic heterocycles. The molecule has 0 bridgehead atoms. The second-order valence-electron chi connectivity index (χ2n) is 4.01. The van der Waals surface area contributed by atoms with Crippen molar-refractivity contribution in [3.05, 3.63) is 39.9 Å². The van der Waals surface area contributed by atoms with Crippen molar-refractivity contribution in [3.63, 3.8) is 0 Å². The van der Waals surface area contributed by atoms with E-state index in [2.05, 4.69) is 9.36 Å². The van der Waals surface area contributed by atoms with Crippen LogP contribution in [0, 0.1) is 21.6 Å². The van der Waals surface area contributed by atoms with Crippen molar-refractivity contribution in [1.29, 1.82) is 5.26 Å². The van der Waals surface area contributed by atoms with E-state index < -0.39 is 4.92 Å². The highest BCUT2D eigenvalue weighted by Gasteiger charge is 2.11. The van der Waals surface area contributed by atoms with Crippen LogP contribution in [0.5, 0.6) is 0 Å². The number of non-ortho nitro benzene ring substituents is 1. The van der Waals surface area contributed by atoms with Crippen LogP contribution in [0.15, 0.2) is 33.6 Å². The summed E-state index contributed by atoms with van der Waals surface area (Å²) < 4.78 is 4.50. The van der Waals surface area contributed by atoms with Gasteiger partial charge in [0, 0.05) is 29.2 Å². The molecule has 0 spiro atoms. The minimum Gasteiger partial charge on any atom is -0.258 e. The lowest BCUT2D eigenvalue weighted by Crippen LogP contribution is -2.01. The minimum absolute atomic E-state index is 0.0170. The fraction of sp³-hybridized carbons (Fsp3) is 0.333. The summed E-state index contributed by atoms with van der Waals surface area (Å²) in [5, 5.41) is 19.3. The Hall–Kier alpha value is -2.07. The number of nitro groups is 1. The van der Waals surface area contributed by atoms with Gasteiger partial charge in [0.25, 0.3) is 5.69 Å². The minimum atomic E-state index is -0.458. The zero-order valence-electron chi connectivity index (χ0n) is 10.2. The number of hydrogen-bond donors (Lipinski definition) is 0. The van der Waals surface area contributed by atoms with Gasteiger partial charge in [-0.3, -0.25) is 10.1 Å². The number of nitriles is 1. The third-order valence-corrected chi connectivity index (χ3v) is 4.67. The summed E-state index contributed by atoms with van der Waals surface area (Å²) in [6, 6.07) is 5.96. The molecule has 1 fully saturated rings. The van der Waals surface area contributed by atoms with E-state index in [0.29, 0.717) is 11.4 Å². The summed E-state index contributed by atoms with van der Waals surface area (Å²) in [5.74, 6) is 2.46. The molecule has 0 unspecified atom stereocenters. The zero-order valence-corrected chi connectivity index (χ0v) is 11.0. The lowest BCUT2D eigenvalue weighted by molar-refractivity contribution is -0.384. The highest BCUT2D eigenvalue weighted by molar-refractivity contribution is 7.87. The molecule has 0 amide bonds. The third kappa shape index (κ3) is 3.45. The number of amidine groups is 1. The van der Waals surface area contributed by atoms with E-state index in [1.54, 1.807) is 18.3 Å². The quantitative estimate of drug-likeness (QED) is 0.273. The normalized spacial score (nSPS) is 16.1. The topological polar surface area (TPSA) is 91.7 Å². The van der Waals surface area contributed by atoms with Gasteiger partial charge in [-0.2, -0.15) is 10.3 Å². The van der Waals surface area contributed by atoms with Crippen LogP contribution in [0.4, 0.5) is 5.69 Å². The molecule has 7 heteroatoms. The molecule has 6 nitrogen and oxygen atoms in total. The van der Waals surface area contributed by atoms with Gasteiger partial charge in [-0.1, -0.05) is 10.7 Å². The predicted octanol–water partition coefficient (Wildman–Crippen LogP) is 2.42. The number of rotatable bonds is 2. The summed E-state index contributed by atoms with van der Waals surface area (Å²) in [4.78, 5) is 13.9. The van der Waals surface area contributed by atoms with Gasteiger partial charge in [0.05, 0.1) is 4.92 Å². The van der Waals surface area contributed by atoms with Crippen LogP contribution in [-0.4, -0.2) is 22.3 Å². The summed E-state index contributed by atoms with van der Waals surface area (Å²) >= 11 is 0. The van der Waals surface area contributed by atoms with Crippen molar-refractivity contribution >= 4 is 22.2 Å². The largest absolute Gasteiger partial charge is 0.269 e. The molecule has 1 heterocycles. The number of nitro benzene ring substituents is 1. The monoisotopic (exact) mass is 276 g/mol. The van der Waals surface area contributed by atoms with Crippen LogP contribution >= 0.6 is 0 Å². The van der Waals surface area contributed by atoms with Crippen molar-refractivity contribution in [1.82, 2.24) is 0 Å². The highest BCUT2D eigenvalue weighted by Crippen LogP contribution is 2.15. The van der Waals surface area contributed by atoms with Crippen molar-refractivity contribution in [3.8, 4) is 6.19 Å². The molecule has 1 saturated heterocycles. The Kier molecular flexibility index (Phi) is 4.36. The average Bonchev–Trinajstić information content (AvgIpc) is 2.91. The zero-order chi connectivity index (χ0) is 13.7. The Morgan fingerprint density at radius 2 is 1.95 bits per heavy atom. The van der Waals surface area contributed by atoms with Gasteiger partial charge in [-0.15, -0.1) is 0 Å². The Morgan fingerprint density at radius 3 is 2.47 bits per heavy atom. The van der Waals surface area contributed by atoms with Crippen molar-refractivity contribution in [2.75, 3.05) is 11.5 Å². The van der Waals surface area contributed by atoms with Crippen LogP contribution < -0.4 is 0 Å². The van der Waals surface area contributed by atoms with Crippen molar-refractivity contribution in [2.24, 2.45) is 9.36 Å². The molecular formula is C12H12N4O2S. The van der Waals surface area contributed by atoms with E-state index in [1.807, 2.05) is 0 Å². The summed E-state index contributed by atoms with van der Waals surface area (Å²) in [6.07, 6.45) is 4.06. The number of nitrogens with zero attached hydrogens (tertiary/aromatic N) is 4. The summed E-state index contributed by atoms with van der Waals surface area (Å²) in [5.41, 5.74) is 0.662. The molecule has 2 rings (SSSR count). The van der Waals surface area contributed by atoms with Gasteiger partial charge >= 0.3 is 0 Å². The fourth-order valence-corrected chi connectivity index (χ4v) is 3.62. The SMILES string of the molecule is N#CN=C(N=S1CCCC1)c1ccc([N+](=O)[O-])cc1. The molecule has 1 aromatic rings. The molecule has 0 aromatic heterocycles. The molecule has 0 aliphatic carbocycles. The summed E-state index contributed by atoms with van der Waals surface area (Å²) in [7, 11) is -0.0643. The van der Waals surface area contributed by atoms with E-state index >= 15 is 0 Å². The van der Waals surface area contributed by atoms with E-state index in [4.69, 9.17) is 5.26 Å². The molecule has 1 aromatic carbocycles. The maximum atomic E-state index is 10.6. The van der Waals surface area contributed by atoms with Crippen LogP contribution in [0.2, 0.25) is 0 Å². The second kappa shape index (κ2) is 6.20. The predicted molar refractivity (Wildman–Crippen MR) is 74.0 cm³/mol. The molecule has 0 saturated carbocycles. The first-order valence-electron chi connectivity index (χ1n) is 5.81.